The minimum absolute atomic E-state index is 0.0318. The van der Waals surface area contributed by atoms with Crippen LogP contribution in [0.25, 0.3) is 0 Å². The highest BCUT2D eigenvalue weighted by atomic mass is 35.5. The van der Waals surface area contributed by atoms with Crippen LogP contribution in [-0.4, -0.2) is 14.9 Å². The van der Waals surface area contributed by atoms with Crippen molar-refractivity contribution < 1.29 is 13.5 Å². The lowest BCUT2D eigenvalue weighted by Gasteiger charge is -2.13. The molecule has 0 radical (unpaired) electrons. The van der Waals surface area contributed by atoms with Crippen LogP contribution in [0.3, 0.4) is 0 Å². The van der Waals surface area contributed by atoms with E-state index in [1.54, 1.807) is 25.1 Å². The Morgan fingerprint density at radius 3 is 2.33 bits per heavy atom. The predicted octanol–water partition coefficient (Wildman–Crippen LogP) is 5.01. The Hall–Kier alpha value is -2.03. The number of hydrogen-bond acceptors (Lipinski definition) is 5. The van der Waals surface area contributed by atoms with Crippen LogP contribution >= 0.6 is 35.0 Å². The quantitative estimate of drug-likeness (QED) is 0.439. The Labute approximate surface area is 168 Å². The van der Waals surface area contributed by atoms with Crippen LogP contribution in [0.2, 0.25) is 10.0 Å². The van der Waals surface area contributed by atoms with Crippen LogP contribution in [0, 0.1) is 11.6 Å². The van der Waals surface area contributed by atoms with Crippen LogP contribution in [-0.2, 0) is 6.61 Å². The second-order valence-electron chi connectivity index (χ2n) is 5.50. The Kier molecular flexibility index (Phi) is 6.08. The molecule has 0 spiro atoms. The van der Waals surface area contributed by atoms with E-state index in [2.05, 4.69) is 10.2 Å². The molecular weight excluding hydrogens is 417 g/mol. The summed E-state index contributed by atoms with van der Waals surface area (Å²) in [6.07, 6.45) is 0. The molecule has 3 rings (SSSR count). The predicted molar refractivity (Wildman–Crippen MR) is 102 cm³/mol. The molecule has 1 unspecified atom stereocenters. The summed E-state index contributed by atoms with van der Waals surface area (Å²) < 4.78 is 34.6. The molecule has 1 heterocycles. The molecule has 0 aliphatic carbocycles. The van der Waals surface area contributed by atoms with E-state index in [4.69, 9.17) is 33.8 Å². The number of halogens is 4. The Balaban J connectivity index is 1.74. The summed E-state index contributed by atoms with van der Waals surface area (Å²) in [7, 11) is 0. The second kappa shape index (κ2) is 8.33. The van der Waals surface area contributed by atoms with Gasteiger partial charge in [0, 0.05) is 10.8 Å². The fourth-order valence-electron chi connectivity index (χ4n) is 2.36. The summed E-state index contributed by atoms with van der Waals surface area (Å²) in [5.74, 6) is 5.33. The van der Waals surface area contributed by atoms with E-state index in [9.17, 15) is 8.78 Å². The summed E-state index contributed by atoms with van der Waals surface area (Å²) in [5.41, 5.74) is -0.0499. The van der Waals surface area contributed by atoms with Crippen molar-refractivity contribution in [1.29, 1.82) is 0 Å². The van der Waals surface area contributed by atoms with Gasteiger partial charge in [-0.2, -0.15) is 0 Å². The SMILES string of the molecule is CC(Sc1nnc(COc2c(Cl)cccc2Cl)n1N)c1c(F)cccc1F. The molecule has 0 aliphatic heterocycles. The largest absolute Gasteiger partial charge is 0.482 e. The number of benzene rings is 2. The summed E-state index contributed by atoms with van der Waals surface area (Å²) in [5, 5.41) is 8.33. The summed E-state index contributed by atoms with van der Waals surface area (Å²) in [4.78, 5) is 0. The number of hydrogen-bond donors (Lipinski definition) is 1. The molecule has 2 N–H and O–H groups in total. The monoisotopic (exact) mass is 430 g/mol. The first-order chi connectivity index (χ1) is 12.9. The van der Waals surface area contributed by atoms with Crippen molar-refractivity contribution >= 4 is 35.0 Å². The van der Waals surface area contributed by atoms with E-state index in [1.165, 1.54) is 22.9 Å². The lowest BCUT2D eigenvalue weighted by Crippen LogP contribution is -2.16. The summed E-state index contributed by atoms with van der Waals surface area (Å²) >= 11 is 13.2. The summed E-state index contributed by atoms with van der Waals surface area (Å²) in [6, 6.07) is 8.70. The van der Waals surface area contributed by atoms with Gasteiger partial charge < -0.3 is 10.6 Å². The number of aromatic nitrogens is 3. The molecule has 0 aliphatic rings. The van der Waals surface area contributed by atoms with E-state index in [1.807, 2.05) is 0 Å². The van der Waals surface area contributed by atoms with Gasteiger partial charge >= 0.3 is 0 Å². The minimum Gasteiger partial charge on any atom is -0.482 e. The Bertz CT molecular complexity index is 930. The standard InChI is InChI=1S/C17H14Cl2F2N4OS/c1-9(15-12(20)6-3-7-13(15)21)27-17-24-23-14(25(17)22)8-26-16-10(18)4-2-5-11(16)19/h2-7,9H,8,22H2,1H3. The highest BCUT2D eigenvalue weighted by Gasteiger charge is 2.21. The molecule has 3 aromatic rings. The van der Waals surface area contributed by atoms with Gasteiger partial charge in [0.25, 0.3) is 0 Å². The van der Waals surface area contributed by atoms with E-state index in [0.717, 1.165) is 11.8 Å². The van der Waals surface area contributed by atoms with Crippen molar-refractivity contribution in [2.45, 2.75) is 23.9 Å². The fourth-order valence-corrected chi connectivity index (χ4v) is 3.83. The van der Waals surface area contributed by atoms with E-state index >= 15 is 0 Å². The Morgan fingerprint density at radius 2 is 1.70 bits per heavy atom. The number of para-hydroxylation sites is 1. The van der Waals surface area contributed by atoms with Crippen molar-refractivity contribution in [2.24, 2.45) is 0 Å². The number of nitrogens with two attached hydrogens (primary N) is 1. The Morgan fingerprint density at radius 1 is 1.11 bits per heavy atom. The van der Waals surface area contributed by atoms with Crippen LogP contribution in [0.15, 0.2) is 41.6 Å². The van der Waals surface area contributed by atoms with Crippen molar-refractivity contribution in [3.05, 3.63) is 69.5 Å². The van der Waals surface area contributed by atoms with Crippen LogP contribution in [0.1, 0.15) is 23.6 Å². The first-order valence-corrected chi connectivity index (χ1v) is 9.38. The third kappa shape index (κ3) is 4.28. The maximum atomic E-state index is 13.9. The zero-order valence-electron chi connectivity index (χ0n) is 14.0. The lowest BCUT2D eigenvalue weighted by molar-refractivity contribution is 0.292. The maximum Gasteiger partial charge on any atom is 0.210 e. The second-order valence-corrected chi connectivity index (χ2v) is 7.63. The van der Waals surface area contributed by atoms with Crippen LogP contribution in [0.5, 0.6) is 5.75 Å². The highest BCUT2D eigenvalue weighted by Crippen LogP contribution is 2.36. The maximum absolute atomic E-state index is 13.9. The highest BCUT2D eigenvalue weighted by molar-refractivity contribution is 7.99. The molecule has 5 nitrogen and oxygen atoms in total. The molecule has 0 saturated carbocycles. The molecule has 0 amide bonds. The van der Waals surface area contributed by atoms with Crippen molar-refractivity contribution in [2.75, 3.05) is 5.84 Å². The lowest BCUT2D eigenvalue weighted by atomic mass is 10.1. The van der Waals surface area contributed by atoms with E-state index in [-0.39, 0.29) is 17.3 Å². The van der Waals surface area contributed by atoms with Crippen molar-refractivity contribution in [3.8, 4) is 5.75 Å². The third-order valence-corrected chi connectivity index (χ3v) is 5.36. The molecule has 0 bridgehead atoms. The zero-order chi connectivity index (χ0) is 19.6. The molecule has 142 valence electrons. The van der Waals surface area contributed by atoms with Gasteiger partial charge in [0.05, 0.1) is 10.0 Å². The average Bonchev–Trinajstić information content (AvgIpc) is 2.94. The normalized spacial score (nSPS) is 12.2. The summed E-state index contributed by atoms with van der Waals surface area (Å²) in [6.45, 7) is 1.62. The molecule has 10 heteroatoms. The number of rotatable bonds is 6. The average molecular weight is 431 g/mol. The zero-order valence-corrected chi connectivity index (χ0v) is 16.3. The smallest absolute Gasteiger partial charge is 0.210 e. The first-order valence-electron chi connectivity index (χ1n) is 7.75. The van der Waals surface area contributed by atoms with Gasteiger partial charge in [0.1, 0.15) is 18.2 Å². The number of nitrogens with zero attached hydrogens (tertiary/aromatic N) is 3. The van der Waals surface area contributed by atoms with E-state index < -0.39 is 16.9 Å². The van der Waals surface area contributed by atoms with Gasteiger partial charge in [-0.15, -0.1) is 10.2 Å². The molecule has 27 heavy (non-hydrogen) atoms. The van der Waals surface area contributed by atoms with Gasteiger partial charge in [-0.25, -0.2) is 13.5 Å². The van der Waals surface area contributed by atoms with Gasteiger partial charge in [-0.1, -0.05) is 47.1 Å². The first kappa shape index (κ1) is 19.7. The molecular formula is C17H14Cl2F2N4OS. The molecule has 0 saturated heterocycles. The van der Waals surface area contributed by atoms with Crippen LogP contribution in [0.4, 0.5) is 8.78 Å². The molecule has 1 aromatic heterocycles. The van der Waals surface area contributed by atoms with Crippen LogP contribution < -0.4 is 10.6 Å². The third-order valence-electron chi connectivity index (χ3n) is 3.69. The van der Waals surface area contributed by atoms with Gasteiger partial charge in [-0.3, -0.25) is 0 Å². The van der Waals surface area contributed by atoms with Crippen molar-refractivity contribution in [3.63, 3.8) is 0 Å². The van der Waals surface area contributed by atoms with Gasteiger partial charge in [0.2, 0.25) is 5.16 Å². The number of ether oxygens (including phenoxy) is 1. The number of nitrogen functional groups attached to an aromatic ring is 1. The number of thioether (sulfide) groups is 1. The minimum atomic E-state index is -0.630. The molecule has 1 atom stereocenters. The molecule has 0 fully saturated rings. The van der Waals surface area contributed by atoms with Gasteiger partial charge in [-0.05, 0) is 31.2 Å². The van der Waals surface area contributed by atoms with Gasteiger partial charge in [0.15, 0.2) is 11.6 Å². The van der Waals surface area contributed by atoms with E-state index in [0.29, 0.717) is 21.6 Å². The van der Waals surface area contributed by atoms with Crippen molar-refractivity contribution in [1.82, 2.24) is 14.9 Å². The molecule has 2 aromatic carbocycles. The fraction of sp³-hybridized carbons (Fsp3) is 0.176. The topological polar surface area (TPSA) is 66.0 Å².